The van der Waals surface area contributed by atoms with Gasteiger partial charge in [0.25, 0.3) is 0 Å². The molecule has 0 unspecified atom stereocenters. The zero-order chi connectivity index (χ0) is 9.71. The molecule has 0 aromatic rings. The lowest BCUT2D eigenvalue weighted by Gasteiger charge is -2.04. The van der Waals surface area contributed by atoms with Gasteiger partial charge in [0.2, 0.25) is 0 Å². The van der Waals surface area contributed by atoms with Gasteiger partial charge in [-0.15, -0.1) is 29.8 Å². The van der Waals surface area contributed by atoms with Crippen LogP contribution >= 0.6 is 0 Å². The van der Waals surface area contributed by atoms with Gasteiger partial charge in [-0.25, -0.2) is 0 Å². The lowest BCUT2D eigenvalue weighted by atomic mass is 11.3. The maximum absolute atomic E-state index is 9.69. The van der Waals surface area contributed by atoms with E-state index in [0.717, 1.165) is 0 Å². The van der Waals surface area contributed by atoms with Crippen LogP contribution in [-0.2, 0) is 0 Å². The third-order valence-electron chi connectivity index (χ3n) is 0.612. The van der Waals surface area contributed by atoms with Crippen molar-refractivity contribution in [1.29, 1.82) is 0 Å². The summed E-state index contributed by atoms with van der Waals surface area (Å²) in [5.74, 6) is 0. The molecule has 0 amide bonds. The second-order valence-electron chi connectivity index (χ2n) is 3.00. The van der Waals surface area contributed by atoms with Crippen LogP contribution in [0.15, 0.2) is 12.3 Å². The number of hydrogen-bond acceptors (Lipinski definition) is 0. The fourth-order valence-corrected chi connectivity index (χ4v) is 0. The van der Waals surface area contributed by atoms with Crippen LogP contribution in [0.4, 0.5) is 17.6 Å². The normalized spacial score (nSPS) is 11.5. The summed E-state index contributed by atoms with van der Waals surface area (Å²) in [6, 6.07) is 0. The molecule has 0 spiro atoms. The Labute approximate surface area is 64.9 Å². The Morgan fingerprint density at radius 1 is 1.09 bits per heavy atom. The van der Waals surface area contributed by atoms with Gasteiger partial charge in [0.05, 0.1) is 8.07 Å². The van der Waals surface area contributed by atoms with Crippen molar-refractivity contribution in [2.75, 3.05) is 0 Å². The van der Waals surface area contributed by atoms with Gasteiger partial charge in [0, 0.05) is 0 Å². The molecular weight excluding hydrogens is 176 g/mol. The van der Waals surface area contributed by atoms with Crippen LogP contribution in [0, 0.1) is 0 Å². The van der Waals surface area contributed by atoms with E-state index in [1.807, 2.05) is 0 Å². The van der Waals surface area contributed by atoms with E-state index >= 15 is 0 Å². The number of rotatable bonds is 1. The first-order valence-corrected chi connectivity index (χ1v) is 6.53. The molecule has 5 heteroatoms. The van der Waals surface area contributed by atoms with Gasteiger partial charge >= 0.3 is 6.43 Å². The van der Waals surface area contributed by atoms with Crippen LogP contribution in [0.1, 0.15) is 0 Å². The first-order valence-electron chi connectivity index (χ1n) is 2.95. The van der Waals surface area contributed by atoms with Crippen molar-refractivity contribution in [2.24, 2.45) is 0 Å². The summed E-state index contributed by atoms with van der Waals surface area (Å²) in [6.45, 7) is 10.5. The van der Waals surface area contributed by atoms with Crippen LogP contribution < -0.4 is 0 Å². The molecule has 68 valence electrons. The van der Waals surface area contributed by atoms with Gasteiger partial charge in [-0.3, -0.25) is 0 Å². The van der Waals surface area contributed by atoms with E-state index in [1.165, 1.54) is 0 Å². The smallest absolute Gasteiger partial charge is 0.140 e. The summed E-state index contributed by atoms with van der Waals surface area (Å²) in [5.41, 5.74) is 2.08. The lowest BCUT2D eigenvalue weighted by Crippen LogP contribution is -2.14. The van der Waals surface area contributed by atoms with Gasteiger partial charge in [-0.1, -0.05) is 19.6 Å². The highest BCUT2D eigenvalue weighted by Crippen LogP contribution is 2.13. The van der Waals surface area contributed by atoms with Crippen molar-refractivity contribution < 1.29 is 17.6 Å². The lowest BCUT2D eigenvalue weighted by molar-refractivity contribution is -0.237. The molecule has 0 aromatic heterocycles. The number of halogens is 4. The molecule has 0 atom stereocenters. The average Bonchev–Trinajstić information content (AvgIpc) is 1.59. The Kier molecular flexibility index (Phi) is 5.47. The molecule has 0 saturated heterocycles. The quantitative estimate of drug-likeness (QED) is 0.436. The monoisotopic (exact) mass is 188 g/mol. The second-order valence-corrected chi connectivity index (χ2v) is 8.14. The molecule has 0 heterocycles. The molecule has 0 N–H and O–H groups in total. The van der Waals surface area contributed by atoms with Crippen molar-refractivity contribution in [2.45, 2.75) is 26.1 Å². The summed E-state index contributed by atoms with van der Waals surface area (Å²) < 4.78 is 38.8. The van der Waals surface area contributed by atoms with Crippen molar-refractivity contribution in [3.05, 3.63) is 12.3 Å². The van der Waals surface area contributed by atoms with Crippen LogP contribution in [0.5, 0.6) is 0 Å². The molecule has 0 aliphatic carbocycles. The van der Waals surface area contributed by atoms with Crippen molar-refractivity contribution in [1.82, 2.24) is 0 Å². The highest BCUT2D eigenvalue weighted by molar-refractivity contribution is 6.80. The highest BCUT2D eigenvalue weighted by Gasteiger charge is 2.24. The van der Waals surface area contributed by atoms with Gasteiger partial charge < -0.3 is 0 Å². The van der Waals surface area contributed by atoms with E-state index < -0.39 is 14.5 Å². The van der Waals surface area contributed by atoms with Crippen molar-refractivity contribution >= 4 is 8.07 Å². The summed E-state index contributed by atoms with van der Waals surface area (Å²) in [7, 11) is -0.867. The van der Waals surface area contributed by atoms with E-state index in [1.54, 1.807) is 0 Å². The highest BCUT2D eigenvalue weighted by atomic mass is 28.3. The Hall–Kier alpha value is -0.323. The van der Waals surface area contributed by atoms with Crippen LogP contribution in [-0.4, -0.2) is 14.5 Å². The SMILES string of the molecule is C=C[Si](C)(C)C.FC(F)(F)F. The van der Waals surface area contributed by atoms with E-state index in [-0.39, 0.29) is 0 Å². The van der Waals surface area contributed by atoms with E-state index in [9.17, 15) is 17.6 Å². The first-order chi connectivity index (χ1) is 4.56. The standard InChI is InChI=1S/C5H12Si.CF4/c1-5-6(2,3)4;2-1(3,4)5/h5H,1H2,2-4H3;. The molecule has 0 rings (SSSR count). The predicted molar refractivity (Wildman–Crippen MR) is 40.7 cm³/mol. The minimum atomic E-state index is -5.50. The molecule has 0 nitrogen and oxygen atoms in total. The van der Waals surface area contributed by atoms with Crippen molar-refractivity contribution in [3.8, 4) is 0 Å². The second kappa shape index (κ2) is 4.53. The molecule has 0 bridgehead atoms. The topological polar surface area (TPSA) is 0 Å². The van der Waals surface area contributed by atoms with Crippen LogP contribution in [0.3, 0.4) is 0 Å². The van der Waals surface area contributed by atoms with Crippen LogP contribution in [0.25, 0.3) is 0 Å². The minimum absolute atomic E-state index is 0.867. The Morgan fingerprint density at radius 3 is 1.18 bits per heavy atom. The molecule has 11 heavy (non-hydrogen) atoms. The summed E-state index contributed by atoms with van der Waals surface area (Å²) >= 11 is 0. The molecular formula is C6H12F4Si. The summed E-state index contributed by atoms with van der Waals surface area (Å²) in [6.07, 6.45) is -5.50. The molecule has 0 aliphatic rings. The maximum atomic E-state index is 9.69. The van der Waals surface area contributed by atoms with Gasteiger partial charge in [0.15, 0.2) is 0 Å². The summed E-state index contributed by atoms with van der Waals surface area (Å²) in [4.78, 5) is 0. The fraction of sp³-hybridized carbons (Fsp3) is 0.667. The molecule has 0 aromatic carbocycles. The molecule has 0 radical (unpaired) electrons. The predicted octanol–water partition coefficient (Wildman–Crippen LogP) is 3.53. The zero-order valence-electron chi connectivity index (χ0n) is 6.80. The maximum Gasteiger partial charge on any atom is 0.559 e. The summed E-state index contributed by atoms with van der Waals surface area (Å²) in [5, 5.41) is 0. The first kappa shape index (κ1) is 13.3. The molecule has 0 saturated carbocycles. The minimum Gasteiger partial charge on any atom is -0.140 e. The van der Waals surface area contributed by atoms with E-state index in [2.05, 4.69) is 31.9 Å². The number of hydrogen-bond donors (Lipinski definition) is 0. The van der Waals surface area contributed by atoms with E-state index in [4.69, 9.17) is 0 Å². The Balaban J connectivity index is 0. The fourth-order valence-electron chi connectivity index (χ4n) is 0. The van der Waals surface area contributed by atoms with Gasteiger partial charge in [-0.05, 0) is 0 Å². The average molecular weight is 188 g/mol. The van der Waals surface area contributed by atoms with Gasteiger partial charge in [0.1, 0.15) is 0 Å². The van der Waals surface area contributed by atoms with Crippen molar-refractivity contribution in [3.63, 3.8) is 0 Å². The molecule has 0 fully saturated rings. The Bertz CT molecular complexity index is 105. The third-order valence-corrected chi connectivity index (χ3v) is 1.84. The van der Waals surface area contributed by atoms with Crippen LogP contribution in [0.2, 0.25) is 19.6 Å². The largest absolute Gasteiger partial charge is 0.559 e. The Morgan fingerprint density at radius 2 is 1.18 bits per heavy atom. The van der Waals surface area contributed by atoms with E-state index in [0.29, 0.717) is 0 Å². The third kappa shape index (κ3) is 79.6. The molecule has 0 aliphatic heterocycles. The van der Waals surface area contributed by atoms with Gasteiger partial charge in [-0.2, -0.15) is 0 Å². The number of alkyl halides is 4. The zero-order valence-corrected chi connectivity index (χ0v) is 7.80.